The lowest BCUT2D eigenvalue weighted by atomic mass is 10.3. The fourth-order valence-corrected chi connectivity index (χ4v) is 1.53. The van der Waals surface area contributed by atoms with Crippen LogP contribution in [0.5, 0.6) is 0 Å². The van der Waals surface area contributed by atoms with E-state index in [1.165, 1.54) is 11.3 Å². The third-order valence-electron chi connectivity index (χ3n) is 1.41. The number of rotatable bonds is 2. The summed E-state index contributed by atoms with van der Waals surface area (Å²) in [4.78, 5) is 4.09. The van der Waals surface area contributed by atoms with E-state index in [9.17, 15) is 0 Å². The molecule has 0 atom stereocenters. The van der Waals surface area contributed by atoms with Gasteiger partial charge in [0, 0.05) is 17.2 Å². The Morgan fingerprint density at radius 3 is 3.08 bits per heavy atom. The summed E-state index contributed by atoms with van der Waals surface area (Å²) >= 11 is 5.61. The van der Waals surface area contributed by atoms with Gasteiger partial charge in [-0.05, 0) is 0 Å². The highest BCUT2D eigenvalue weighted by molar-refractivity contribution is 7.79. The summed E-state index contributed by atoms with van der Waals surface area (Å²) in [5.41, 5.74) is 3.43. The standard InChI is InChI=1S/C7H6N2OS2/c11-2-5-1-7(10-9-5)6-3-12-4-8-6/h1,3-4,11H,2H2. The van der Waals surface area contributed by atoms with Gasteiger partial charge in [0.25, 0.3) is 0 Å². The number of aromatic nitrogens is 2. The molecule has 5 heteroatoms. The second-order valence-electron chi connectivity index (χ2n) is 2.21. The maximum Gasteiger partial charge on any atom is 0.186 e. The van der Waals surface area contributed by atoms with E-state index >= 15 is 0 Å². The van der Waals surface area contributed by atoms with Crippen molar-refractivity contribution in [3.63, 3.8) is 0 Å². The zero-order valence-electron chi connectivity index (χ0n) is 6.10. The molecule has 2 aromatic heterocycles. The highest BCUT2D eigenvalue weighted by Crippen LogP contribution is 2.20. The molecule has 2 heterocycles. The van der Waals surface area contributed by atoms with Gasteiger partial charge in [0.15, 0.2) is 5.76 Å². The monoisotopic (exact) mass is 198 g/mol. The Morgan fingerprint density at radius 1 is 1.58 bits per heavy atom. The van der Waals surface area contributed by atoms with Gasteiger partial charge in [0.2, 0.25) is 0 Å². The largest absolute Gasteiger partial charge is 0.354 e. The summed E-state index contributed by atoms with van der Waals surface area (Å²) in [5.74, 6) is 1.30. The smallest absolute Gasteiger partial charge is 0.186 e. The molecule has 0 amide bonds. The van der Waals surface area contributed by atoms with Gasteiger partial charge in [-0.25, -0.2) is 4.98 Å². The molecule has 0 fully saturated rings. The first kappa shape index (κ1) is 7.82. The van der Waals surface area contributed by atoms with Gasteiger partial charge in [0.05, 0.1) is 11.2 Å². The van der Waals surface area contributed by atoms with Crippen LogP contribution in [0.25, 0.3) is 11.5 Å². The summed E-state index contributed by atoms with van der Waals surface area (Å²) in [6.07, 6.45) is 0. The maximum atomic E-state index is 5.05. The Bertz CT molecular complexity index is 355. The highest BCUT2D eigenvalue weighted by Gasteiger charge is 2.06. The normalized spacial score (nSPS) is 10.4. The van der Waals surface area contributed by atoms with E-state index in [0.717, 1.165) is 11.4 Å². The molecule has 2 rings (SSSR count). The minimum Gasteiger partial charge on any atom is -0.354 e. The average molecular weight is 198 g/mol. The Balaban J connectivity index is 2.35. The van der Waals surface area contributed by atoms with Crippen molar-refractivity contribution in [2.75, 3.05) is 0 Å². The molecule has 12 heavy (non-hydrogen) atoms. The first-order valence-electron chi connectivity index (χ1n) is 3.35. The van der Waals surface area contributed by atoms with Crippen molar-refractivity contribution >= 4 is 24.0 Å². The summed E-state index contributed by atoms with van der Waals surface area (Å²) in [6.45, 7) is 0. The predicted molar refractivity (Wildman–Crippen MR) is 50.3 cm³/mol. The van der Waals surface area contributed by atoms with Crippen molar-refractivity contribution in [3.8, 4) is 11.5 Å². The lowest BCUT2D eigenvalue weighted by molar-refractivity contribution is 0.425. The molecule has 2 aromatic rings. The van der Waals surface area contributed by atoms with Crippen molar-refractivity contribution < 1.29 is 4.52 Å². The number of nitrogens with zero attached hydrogens (tertiary/aromatic N) is 2. The number of hydrogen-bond acceptors (Lipinski definition) is 5. The van der Waals surface area contributed by atoms with Crippen LogP contribution in [0.15, 0.2) is 21.5 Å². The van der Waals surface area contributed by atoms with E-state index in [1.54, 1.807) is 5.51 Å². The van der Waals surface area contributed by atoms with E-state index in [4.69, 9.17) is 4.52 Å². The van der Waals surface area contributed by atoms with E-state index in [0.29, 0.717) is 11.5 Å². The number of thiol groups is 1. The molecule has 0 aromatic carbocycles. The average Bonchev–Trinajstić information content (AvgIpc) is 2.75. The summed E-state index contributed by atoms with van der Waals surface area (Å²) in [6, 6.07) is 1.85. The molecule has 0 aliphatic carbocycles. The lowest BCUT2D eigenvalue weighted by Crippen LogP contribution is -1.71. The highest BCUT2D eigenvalue weighted by atomic mass is 32.1. The zero-order valence-corrected chi connectivity index (χ0v) is 7.81. The van der Waals surface area contributed by atoms with Crippen LogP contribution in [0.1, 0.15) is 5.69 Å². The molecule has 0 aliphatic heterocycles. The van der Waals surface area contributed by atoms with Crippen LogP contribution in [0.4, 0.5) is 0 Å². The first-order chi connectivity index (χ1) is 5.90. The lowest BCUT2D eigenvalue weighted by Gasteiger charge is -1.81. The number of thiazole rings is 1. The van der Waals surface area contributed by atoms with Crippen LogP contribution >= 0.6 is 24.0 Å². The molecule has 0 saturated carbocycles. The molecular formula is C7H6N2OS2. The van der Waals surface area contributed by atoms with Gasteiger partial charge in [-0.15, -0.1) is 11.3 Å². The first-order valence-corrected chi connectivity index (χ1v) is 4.92. The van der Waals surface area contributed by atoms with Crippen LogP contribution < -0.4 is 0 Å². The van der Waals surface area contributed by atoms with Crippen LogP contribution in [0, 0.1) is 0 Å². The Kier molecular flexibility index (Phi) is 2.14. The predicted octanol–water partition coefficient (Wildman–Crippen LogP) is 2.23. The van der Waals surface area contributed by atoms with E-state index < -0.39 is 0 Å². The minimum absolute atomic E-state index is 0.591. The van der Waals surface area contributed by atoms with Crippen LogP contribution in [-0.4, -0.2) is 10.1 Å². The fraction of sp³-hybridized carbons (Fsp3) is 0.143. The molecule has 0 radical (unpaired) electrons. The fourth-order valence-electron chi connectivity index (χ4n) is 0.841. The molecule has 0 N–H and O–H groups in total. The van der Waals surface area contributed by atoms with Crippen LogP contribution in [-0.2, 0) is 5.75 Å². The van der Waals surface area contributed by atoms with Gasteiger partial charge >= 0.3 is 0 Å². The van der Waals surface area contributed by atoms with Gasteiger partial charge in [-0.2, -0.15) is 12.6 Å². The van der Waals surface area contributed by atoms with Crippen molar-refractivity contribution in [1.82, 2.24) is 10.1 Å². The minimum atomic E-state index is 0.591. The second-order valence-corrected chi connectivity index (χ2v) is 3.25. The third-order valence-corrected chi connectivity index (χ3v) is 2.32. The second kappa shape index (κ2) is 3.28. The molecular weight excluding hydrogens is 192 g/mol. The molecule has 0 bridgehead atoms. The van der Waals surface area contributed by atoms with Crippen molar-refractivity contribution in [2.45, 2.75) is 5.75 Å². The summed E-state index contributed by atoms with van der Waals surface area (Å²) in [7, 11) is 0. The zero-order chi connectivity index (χ0) is 8.39. The van der Waals surface area contributed by atoms with E-state index in [-0.39, 0.29) is 0 Å². The van der Waals surface area contributed by atoms with E-state index in [2.05, 4.69) is 22.8 Å². The molecule has 0 unspecified atom stereocenters. The van der Waals surface area contributed by atoms with Crippen molar-refractivity contribution in [2.24, 2.45) is 0 Å². The van der Waals surface area contributed by atoms with Gasteiger partial charge < -0.3 is 4.52 Å². The van der Waals surface area contributed by atoms with E-state index in [1.807, 2.05) is 11.4 Å². The Labute approximate surface area is 78.8 Å². The SMILES string of the molecule is SCc1cc(-c2cscn2)on1. The maximum absolute atomic E-state index is 5.05. The molecule has 62 valence electrons. The Morgan fingerprint density at radius 2 is 2.50 bits per heavy atom. The topological polar surface area (TPSA) is 38.9 Å². The van der Waals surface area contributed by atoms with Crippen LogP contribution in [0.2, 0.25) is 0 Å². The van der Waals surface area contributed by atoms with Crippen LogP contribution in [0.3, 0.4) is 0 Å². The Hall–Kier alpha value is -0.810. The molecule has 0 saturated heterocycles. The van der Waals surface area contributed by atoms with Gasteiger partial charge in [-0.3, -0.25) is 0 Å². The van der Waals surface area contributed by atoms with Gasteiger partial charge in [-0.1, -0.05) is 5.16 Å². The third kappa shape index (κ3) is 1.37. The van der Waals surface area contributed by atoms with Crippen molar-refractivity contribution in [1.29, 1.82) is 0 Å². The van der Waals surface area contributed by atoms with Crippen molar-refractivity contribution in [3.05, 3.63) is 22.7 Å². The quantitative estimate of drug-likeness (QED) is 0.752. The van der Waals surface area contributed by atoms with Gasteiger partial charge in [0.1, 0.15) is 5.69 Å². The molecule has 3 nitrogen and oxygen atoms in total. The number of hydrogen-bond donors (Lipinski definition) is 1. The molecule has 0 aliphatic rings. The summed E-state index contributed by atoms with van der Waals surface area (Å²) < 4.78 is 5.05. The summed E-state index contributed by atoms with van der Waals surface area (Å²) in [5, 5.41) is 5.72. The molecule has 0 spiro atoms.